The van der Waals surface area contributed by atoms with Crippen molar-refractivity contribution in [2.75, 3.05) is 0 Å². The van der Waals surface area contributed by atoms with Gasteiger partial charge in [0.15, 0.2) is 11.5 Å². The maximum atomic E-state index is 5.29. The van der Waals surface area contributed by atoms with Gasteiger partial charge in [0.25, 0.3) is 0 Å². The summed E-state index contributed by atoms with van der Waals surface area (Å²) in [4.78, 5) is 4.38. The number of hydrogen-bond donors (Lipinski definition) is 2. The zero-order valence-electron chi connectivity index (χ0n) is 15.1. The van der Waals surface area contributed by atoms with E-state index < -0.39 is 0 Å². The lowest BCUT2D eigenvalue weighted by Gasteiger charge is -2.13. The second kappa shape index (κ2) is 6.99. The molecule has 0 fully saturated rings. The first-order valence-corrected chi connectivity index (χ1v) is 8.73. The van der Waals surface area contributed by atoms with Gasteiger partial charge in [0.1, 0.15) is 6.34 Å². The molecule has 2 atom stereocenters. The molecule has 0 aliphatic rings. The average molecular weight is 360 g/mol. The number of aromatic nitrogens is 5. The fourth-order valence-corrected chi connectivity index (χ4v) is 3.05. The quantitative estimate of drug-likeness (QED) is 0.321. The summed E-state index contributed by atoms with van der Waals surface area (Å²) in [5.74, 6) is 0.808. The average Bonchev–Trinajstić information content (AvgIpc) is 3.14. The summed E-state index contributed by atoms with van der Waals surface area (Å²) in [7, 11) is 0. The van der Waals surface area contributed by atoms with E-state index in [-0.39, 0.29) is 12.0 Å². The van der Waals surface area contributed by atoms with Gasteiger partial charge in [-0.25, -0.2) is 0 Å². The van der Waals surface area contributed by atoms with Crippen molar-refractivity contribution in [3.05, 3.63) is 65.7 Å². The van der Waals surface area contributed by atoms with Crippen molar-refractivity contribution in [1.29, 1.82) is 0 Å². The Morgan fingerprint density at radius 3 is 2.89 bits per heavy atom. The fourth-order valence-electron chi connectivity index (χ4n) is 3.05. The van der Waals surface area contributed by atoms with Crippen LogP contribution in [0.4, 0.5) is 0 Å². The molecule has 136 valence electrons. The van der Waals surface area contributed by atoms with Crippen LogP contribution in [0.3, 0.4) is 0 Å². The number of fused-ring (bicyclic) bond motifs is 2. The highest BCUT2D eigenvalue weighted by molar-refractivity contribution is 5.79. The van der Waals surface area contributed by atoms with Crippen molar-refractivity contribution in [1.82, 2.24) is 30.2 Å². The molecule has 0 spiro atoms. The first kappa shape index (κ1) is 16.9. The summed E-state index contributed by atoms with van der Waals surface area (Å²) in [6.07, 6.45) is 3.02. The van der Waals surface area contributed by atoms with E-state index in [1.807, 2.05) is 31.2 Å². The lowest BCUT2D eigenvalue weighted by molar-refractivity contribution is 0.575. The van der Waals surface area contributed by atoms with Crippen molar-refractivity contribution in [2.24, 2.45) is 10.8 Å². The molecule has 4 aromatic rings. The standard InChI is InChI=1S/C19H20N8/c1-12(14-5-6-17-15(10-14)4-3-9-21-17)19-25-24-18-8-7-16(26-27(18)19)13(2)23-22-11-20/h3-13,23H,1-2H3,(H2,20,22). The van der Waals surface area contributed by atoms with E-state index in [4.69, 9.17) is 10.8 Å². The van der Waals surface area contributed by atoms with E-state index in [0.717, 1.165) is 28.0 Å². The van der Waals surface area contributed by atoms with Crippen LogP contribution in [0.2, 0.25) is 0 Å². The second-order valence-electron chi connectivity index (χ2n) is 6.39. The second-order valence-corrected chi connectivity index (χ2v) is 6.39. The summed E-state index contributed by atoms with van der Waals surface area (Å²) in [6.45, 7) is 4.06. The molecule has 3 heterocycles. The van der Waals surface area contributed by atoms with Gasteiger partial charge in [0, 0.05) is 17.5 Å². The molecule has 0 radical (unpaired) electrons. The predicted octanol–water partition coefficient (Wildman–Crippen LogP) is 2.38. The minimum atomic E-state index is -0.0912. The van der Waals surface area contributed by atoms with E-state index in [0.29, 0.717) is 5.65 Å². The lowest BCUT2D eigenvalue weighted by Crippen LogP contribution is -2.16. The minimum Gasteiger partial charge on any atom is -0.388 e. The Morgan fingerprint density at radius 1 is 1.15 bits per heavy atom. The third-order valence-electron chi connectivity index (χ3n) is 4.61. The molecule has 8 nitrogen and oxygen atoms in total. The Balaban J connectivity index is 1.73. The Bertz CT molecular complexity index is 1120. The molecule has 0 saturated carbocycles. The Morgan fingerprint density at radius 2 is 2.04 bits per heavy atom. The minimum absolute atomic E-state index is 0.0256. The molecule has 8 heteroatoms. The van der Waals surface area contributed by atoms with E-state index >= 15 is 0 Å². The number of nitrogens with one attached hydrogen (secondary N) is 1. The maximum Gasteiger partial charge on any atom is 0.177 e. The largest absolute Gasteiger partial charge is 0.388 e. The summed E-state index contributed by atoms with van der Waals surface area (Å²) >= 11 is 0. The van der Waals surface area contributed by atoms with Gasteiger partial charge in [0.05, 0.1) is 17.3 Å². The fraction of sp³-hybridized carbons (Fsp3) is 0.211. The number of pyridine rings is 1. The van der Waals surface area contributed by atoms with Crippen molar-refractivity contribution in [3.8, 4) is 0 Å². The summed E-state index contributed by atoms with van der Waals surface area (Å²) < 4.78 is 1.79. The van der Waals surface area contributed by atoms with Crippen LogP contribution in [-0.2, 0) is 0 Å². The molecular formula is C19H20N8. The predicted molar refractivity (Wildman–Crippen MR) is 104 cm³/mol. The van der Waals surface area contributed by atoms with Gasteiger partial charge in [-0.3, -0.25) is 10.4 Å². The third kappa shape index (κ3) is 3.17. The molecule has 4 rings (SSSR count). The van der Waals surface area contributed by atoms with Gasteiger partial charge >= 0.3 is 0 Å². The number of benzene rings is 1. The van der Waals surface area contributed by atoms with Crippen LogP contribution in [0.1, 0.15) is 42.9 Å². The van der Waals surface area contributed by atoms with Gasteiger partial charge in [-0.15, -0.1) is 10.2 Å². The smallest absolute Gasteiger partial charge is 0.177 e. The van der Waals surface area contributed by atoms with Crippen molar-refractivity contribution >= 4 is 22.9 Å². The van der Waals surface area contributed by atoms with Crippen LogP contribution in [0.25, 0.3) is 16.6 Å². The molecule has 0 bridgehead atoms. The normalized spacial score (nSPS) is 14.0. The van der Waals surface area contributed by atoms with E-state index in [1.165, 1.54) is 6.34 Å². The molecule has 3 aromatic heterocycles. The molecule has 1 aromatic carbocycles. The first-order valence-electron chi connectivity index (χ1n) is 8.73. The van der Waals surface area contributed by atoms with Crippen molar-refractivity contribution in [3.63, 3.8) is 0 Å². The third-order valence-corrected chi connectivity index (χ3v) is 4.61. The van der Waals surface area contributed by atoms with Gasteiger partial charge in [-0.2, -0.15) is 14.7 Å². The Hall–Kier alpha value is -3.55. The zero-order valence-corrected chi connectivity index (χ0v) is 15.1. The van der Waals surface area contributed by atoms with Crippen molar-refractivity contribution < 1.29 is 0 Å². The molecule has 0 saturated heterocycles. The van der Waals surface area contributed by atoms with Gasteiger partial charge < -0.3 is 5.73 Å². The van der Waals surface area contributed by atoms with Crippen LogP contribution in [0, 0.1) is 0 Å². The molecule has 3 N–H and O–H groups in total. The van der Waals surface area contributed by atoms with E-state index in [1.54, 1.807) is 10.7 Å². The first-order chi connectivity index (χ1) is 13.2. The van der Waals surface area contributed by atoms with Crippen molar-refractivity contribution in [2.45, 2.75) is 25.8 Å². The van der Waals surface area contributed by atoms with Crippen LogP contribution in [-0.4, -0.2) is 31.1 Å². The maximum absolute atomic E-state index is 5.29. The molecule has 0 amide bonds. The van der Waals surface area contributed by atoms with Crippen LogP contribution < -0.4 is 11.2 Å². The number of nitrogens with zero attached hydrogens (tertiary/aromatic N) is 6. The number of rotatable bonds is 5. The molecule has 0 aliphatic carbocycles. The highest BCUT2D eigenvalue weighted by Crippen LogP contribution is 2.26. The van der Waals surface area contributed by atoms with Gasteiger partial charge in [-0.05, 0) is 42.8 Å². The van der Waals surface area contributed by atoms with Crippen LogP contribution >= 0.6 is 0 Å². The molecule has 2 unspecified atom stereocenters. The molecular weight excluding hydrogens is 340 g/mol. The molecule has 27 heavy (non-hydrogen) atoms. The highest BCUT2D eigenvalue weighted by atomic mass is 15.4. The lowest BCUT2D eigenvalue weighted by atomic mass is 9.98. The van der Waals surface area contributed by atoms with E-state index in [9.17, 15) is 0 Å². The Kier molecular flexibility index (Phi) is 4.37. The SMILES string of the molecule is CC(N/N=C\N)c1ccc2nnc(C(C)c3ccc4ncccc4c3)n2n1. The summed E-state index contributed by atoms with van der Waals surface area (Å²) in [5.41, 5.74) is 11.9. The monoisotopic (exact) mass is 360 g/mol. The topological polar surface area (TPSA) is 106 Å². The number of hydrazone groups is 1. The number of nitrogens with two attached hydrogens (primary N) is 1. The van der Waals surface area contributed by atoms with Gasteiger partial charge in [0.2, 0.25) is 0 Å². The summed E-state index contributed by atoms with van der Waals surface area (Å²) in [6, 6.07) is 14.0. The Labute approximate surface area is 156 Å². The van der Waals surface area contributed by atoms with Gasteiger partial charge in [-0.1, -0.05) is 19.1 Å². The number of hydrogen-bond acceptors (Lipinski definition) is 6. The van der Waals surface area contributed by atoms with Crippen LogP contribution in [0.5, 0.6) is 0 Å². The van der Waals surface area contributed by atoms with E-state index in [2.05, 4.69) is 50.8 Å². The zero-order chi connectivity index (χ0) is 18.8. The highest BCUT2D eigenvalue weighted by Gasteiger charge is 2.18. The molecule has 0 aliphatic heterocycles. The van der Waals surface area contributed by atoms with Crippen LogP contribution in [0.15, 0.2) is 53.8 Å². The summed E-state index contributed by atoms with van der Waals surface area (Å²) in [5, 5.41) is 18.3.